The van der Waals surface area contributed by atoms with E-state index in [1.54, 1.807) is 13.2 Å². The summed E-state index contributed by atoms with van der Waals surface area (Å²) in [6.45, 7) is 4.62. The lowest BCUT2D eigenvalue weighted by molar-refractivity contribution is -0.121. The molecule has 6 nitrogen and oxygen atoms in total. The Morgan fingerprint density at radius 3 is 2.68 bits per heavy atom. The topological polar surface area (TPSA) is 68.9 Å². The molecule has 0 unspecified atom stereocenters. The van der Waals surface area contributed by atoms with Gasteiger partial charge in [-0.15, -0.1) is 0 Å². The van der Waals surface area contributed by atoms with E-state index < -0.39 is 0 Å². The van der Waals surface area contributed by atoms with E-state index in [2.05, 4.69) is 42.5 Å². The van der Waals surface area contributed by atoms with E-state index >= 15 is 0 Å². The molecule has 1 amide bonds. The largest absolute Gasteiger partial charge is 0.358 e. The van der Waals surface area contributed by atoms with Crippen LogP contribution in [0.25, 0.3) is 21.8 Å². The highest BCUT2D eigenvalue weighted by Crippen LogP contribution is 2.27. The minimum atomic E-state index is -0.261. The molecule has 0 aliphatic heterocycles. The molecule has 2 heterocycles. The molecule has 0 aliphatic rings. The fraction of sp³-hybridized carbons (Fsp3) is 0.227. The number of carbonyl (C=O) groups excluding carboxylic acids is 1. The van der Waals surface area contributed by atoms with Gasteiger partial charge in [-0.1, -0.05) is 42.0 Å². The van der Waals surface area contributed by atoms with Gasteiger partial charge in [-0.25, -0.2) is 4.68 Å². The number of hydrogen-bond donors (Lipinski definition) is 1. The molecule has 0 fully saturated rings. The van der Waals surface area contributed by atoms with Crippen LogP contribution in [0.2, 0.25) is 0 Å². The van der Waals surface area contributed by atoms with Crippen molar-refractivity contribution in [2.24, 2.45) is 0 Å². The molecular formula is C22H22N4O2. The Kier molecular flexibility index (Phi) is 4.47. The molecule has 4 aromatic rings. The van der Waals surface area contributed by atoms with E-state index in [9.17, 15) is 9.59 Å². The van der Waals surface area contributed by atoms with Crippen molar-refractivity contribution >= 4 is 27.7 Å². The second kappa shape index (κ2) is 6.96. The van der Waals surface area contributed by atoms with Gasteiger partial charge in [-0.05, 0) is 31.0 Å². The van der Waals surface area contributed by atoms with Gasteiger partial charge in [0.1, 0.15) is 12.1 Å². The first-order valence-electron chi connectivity index (χ1n) is 9.23. The van der Waals surface area contributed by atoms with Gasteiger partial charge in [0.25, 0.3) is 5.56 Å². The summed E-state index contributed by atoms with van der Waals surface area (Å²) in [5.74, 6) is -0.258. The van der Waals surface area contributed by atoms with E-state index in [0.29, 0.717) is 12.1 Å². The Hall–Kier alpha value is -3.41. The van der Waals surface area contributed by atoms with Crippen LogP contribution in [0.4, 0.5) is 0 Å². The molecule has 0 saturated carbocycles. The molecule has 0 bridgehead atoms. The summed E-state index contributed by atoms with van der Waals surface area (Å²) in [5.41, 5.74) is 4.81. The number of hydrogen-bond acceptors (Lipinski definition) is 3. The third kappa shape index (κ3) is 2.97. The first kappa shape index (κ1) is 18.0. The van der Waals surface area contributed by atoms with Gasteiger partial charge in [0.2, 0.25) is 5.91 Å². The molecular weight excluding hydrogens is 352 g/mol. The van der Waals surface area contributed by atoms with Crippen LogP contribution < -0.4 is 10.9 Å². The maximum absolute atomic E-state index is 13.2. The van der Waals surface area contributed by atoms with Gasteiger partial charge < -0.3 is 9.88 Å². The van der Waals surface area contributed by atoms with Gasteiger partial charge in [0, 0.05) is 29.9 Å². The highest BCUT2D eigenvalue weighted by molar-refractivity contribution is 6.07. The zero-order valence-electron chi connectivity index (χ0n) is 16.2. The highest BCUT2D eigenvalue weighted by Gasteiger charge is 2.17. The third-order valence-corrected chi connectivity index (χ3v) is 5.18. The summed E-state index contributed by atoms with van der Waals surface area (Å²) in [6, 6.07) is 14.3. The van der Waals surface area contributed by atoms with Crippen molar-refractivity contribution in [1.82, 2.24) is 19.7 Å². The van der Waals surface area contributed by atoms with Crippen LogP contribution in [0.15, 0.2) is 53.5 Å². The Morgan fingerprint density at radius 1 is 1.11 bits per heavy atom. The number of aromatic nitrogens is 3. The zero-order chi connectivity index (χ0) is 19.8. The van der Waals surface area contributed by atoms with Crippen molar-refractivity contribution in [1.29, 1.82) is 0 Å². The van der Waals surface area contributed by atoms with Crippen molar-refractivity contribution in [3.8, 4) is 0 Å². The van der Waals surface area contributed by atoms with E-state index in [0.717, 1.165) is 21.9 Å². The van der Waals surface area contributed by atoms with E-state index in [1.807, 2.05) is 28.8 Å². The average Bonchev–Trinajstić information content (AvgIpc) is 3.01. The molecule has 0 saturated heterocycles. The number of likely N-dealkylation sites (N-methyl/N-ethyl adjacent to an activating group) is 1. The Balaban J connectivity index is 1.99. The third-order valence-electron chi connectivity index (χ3n) is 5.18. The quantitative estimate of drug-likeness (QED) is 0.597. The van der Waals surface area contributed by atoms with Crippen molar-refractivity contribution in [3.05, 3.63) is 75.7 Å². The van der Waals surface area contributed by atoms with Gasteiger partial charge >= 0.3 is 0 Å². The Labute approximate surface area is 162 Å². The van der Waals surface area contributed by atoms with Crippen LogP contribution in [-0.4, -0.2) is 27.3 Å². The lowest BCUT2D eigenvalue weighted by atomic mass is 10.1. The molecule has 0 spiro atoms. The number of para-hydroxylation sites is 1. The molecule has 2 aromatic carbocycles. The van der Waals surface area contributed by atoms with Crippen molar-refractivity contribution < 1.29 is 4.79 Å². The molecule has 2 aromatic heterocycles. The molecule has 1 N–H and O–H groups in total. The maximum atomic E-state index is 13.2. The maximum Gasteiger partial charge on any atom is 0.291 e. The van der Waals surface area contributed by atoms with E-state index in [-0.39, 0.29) is 18.0 Å². The molecule has 0 atom stereocenters. The summed E-state index contributed by atoms with van der Waals surface area (Å²) in [7, 11) is 1.55. The number of amides is 1. The summed E-state index contributed by atoms with van der Waals surface area (Å²) < 4.78 is 3.26. The highest BCUT2D eigenvalue weighted by atomic mass is 16.2. The normalized spacial score (nSPS) is 11.2. The lowest BCUT2D eigenvalue weighted by Gasteiger charge is -2.11. The first-order valence-corrected chi connectivity index (χ1v) is 9.23. The van der Waals surface area contributed by atoms with Crippen molar-refractivity contribution in [2.75, 3.05) is 7.05 Å². The molecule has 4 rings (SSSR count). The predicted octanol–water partition coefficient (Wildman–Crippen LogP) is 2.76. The second-order valence-corrected chi connectivity index (χ2v) is 7.08. The summed E-state index contributed by atoms with van der Waals surface area (Å²) >= 11 is 0. The molecule has 0 aliphatic carbocycles. The molecule has 6 heteroatoms. The molecule has 0 radical (unpaired) electrons. The van der Waals surface area contributed by atoms with Crippen molar-refractivity contribution in [2.45, 2.75) is 26.9 Å². The number of carbonyl (C=O) groups is 1. The molecule has 28 heavy (non-hydrogen) atoms. The number of nitrogens with one attached hydrogen (secondary N) is 1. The minimum absolute atomic E-state index is 0.101. The summed E-state index contributed by atoms with van der Waals surface area (Å²) in [5, 5.41) is 8.55. The minimum Gasteiger partial charge on any atom is -0.358 e. The van der Waals surface area contributed by atoms with Gasteiger partial charge in [-0.3, -0.25) is 9.59 Å². The Morgan fingerprint density at radius 2 is 1.89 bits per heavy atom. The first-order chi connectivity index (χ1) is 13.5. The fourth-order valence-corrected chi connectivity index (χ4v) is 3.63. The smallest absolute Gasteiger partial charge is 0.291 e. The number of nitrogens with zero attached hydrogens (tertiary/aromatic N) is 3. The second-order valence-electron chi connectivity index (χ2n) is 7.08. The zero-order valence-corrected chi connectivity index (χ0v) is 16.2. The van der Waals surface area contributed by atoms with Crippen molar-refractivity contribution in [3.63, 3.8) is 0 Å². The fourth-order valence-electron chi connectivity index (χ4n) is 3.63. The van der Waals surface area contributed by atoms with Crippen LogP contribution in [0, 0.1) is 13.8 Å². The monoisotopic (exact) mass is 374 g/mol. The summed E-state index contributed by atoms with van der Waals surface area (Å²) in [4.78, 5) is 25.0. The van der Waals surface area contributed by atoms with Crippen LogP contribution in [-0.2, 0) is 17.9 Å². The average molecular weight is 374 g/mol. The van der Waals surface area contributed by atoms with Crippen LogP contribution in [0.3, 0.4) is 0 Å². The van der Waals surface area contributed by atoms with E-state index in [4.69, 9.17) is 0 Å². The van der Waals surface area contributed by atoms with Crippen LogP contribution >= 0.6 is 0 Å². The van der Waals surface area contributed by atoms with Crippen LogP contribution in [0.1, 0.15) is 16.7 Å². The van der Waals surface area contributed by atoms with Crippen LogP contribution in [0.5, 0.6) is 0 Å². The van der Waals surface area contributed by atoms with Gasteiger partial charge in [-0.2, -0.15) is 5.10 Å². The van der Waals surface area contributed by atoms with Gasteiger partial charge in [0.15, 0.2) is 0 Å². The Bertz CT molecular complexity index is 1270. The SMILES string of the molecule is CNC(=O)Cn1ncc2c3ccccc3n(Cc3cc(C)ccc3C)c2c1=O. The number of rotatable bonds is 4. The van der Waals surface area contributed by atoms with E-state index in [1.165, 1.54) is 15.8 Å². The standard InChI is InChI=1S/C22H22N4O2/c1-14-8-9-15(2)16(10-14)12-25-19-7-5-4-6-17(19)18-11-24-26(13-20(27)23-3)22(28)21(18)25/h4-11H,12-13H2,1-3H3,(H,23,27). The summed E-state index contributed by atoms with van der Waals surface area (Å²) in [6.07, 6.45) is 1.68. The molecule has 142 valence electrons. The predicted molar refractivity (Wildman–Crippen MR) is 111 cm³/mol. The number of aryl methyl sites for hydroxylation is 2. The lowest BCUT2D eigenvalue weighted by Crippen LogP contribution is -2.32. The number of fused-ring (bicyclic) bond motifs is 3. The van der Waals surface area contributed by atoms with Gasteiger partial charge in [0.05, 0.1) is 6.20 Å². The number of benzene rings is 2.